The van der Waals surface area contributed by atoms with Gasteiger partial charge in [0.15, 0.2) is 0 Å². The number of hydrogen-bond acceptors (Lipinski definition) is 3. The number of thiophene rings is 1. The Morgan fingerprint density at radius 3 is 2.78 bits per heavy atom. The Hall–Kier alpha value is -1.94. The molecule has 0 bridgehead atoms. The summed E-state index contributed by atoms with van der Waals surface area (Å²) in [5, 5.41) is 10.5. The van der Waals surface area contributed by atoms with Gasteiger partial charge in [0.2, 0.25) is 0 Å². The predicted octanol–water partition coefficient (Wildman–Crippen LogP) is 2.88. The standard InChI is InChI=1S/C14H12N2OS/c1-9-6-10(18-8-9)7-13-11-4-2-3-5-12(11)14(17)16-15-13/h2-6,8H,7H2,1H3,(H,16,17). The number of aromatic nitrogens is 2. The number of aryl methyl sites for hydroxylation is 1. The fourth-order valence-corrected chi connectivity index (χ4v) is 2.93. The van der Waals surface area contributed by atoms with Crippen LogP contribution in [0.1, 0.15) is 16.1 Å². The fourth-order valence-electron chi connectivity index (χ4n) is 2.05. The highest BCUT2D eigenvalue weighted by Crippen LogP contribution is 2.20. The van der Waals surface area contributed by atoms with Gasteiger partial charge in [0, 0.05) is 16.7 Å². The van der Waals surface area contributed by atoms with Crippen LogP contribution >= 0.6 is 11.3 Å². The first-order valence-corrected chi connectivity index (χ1v) is 6.62. The molecule has 0 aliphatic heterocycles. The molecule has 18 heavy (non-hydrogen) atoms. The van der Waals surface area contributed by atoms with Crippen LogP contribution in [0, 0.1) is 6.92 Å². The highest BCUT2D eigenvalue weighted by molar-refractivity contribution is 7.10. The van der Waals surface area contributed by atoms with Gasteiger partial charge in [-0.3, -0.25) is 4.79 Å². The summed E-state index contributed by atoms with van der Waals surface area (Å²) >= 11 is 1.73. The van der Waals surface area contributed by atoms with E-state index in [2.05, 4.69) is 28.6 Å². The SMILES string of the molecule is Cc1csc(Cc2n[nH]c(=O)c3ccccc23)c1. The molecule has 90 valence electrons. The Labute approximate surface area is 108 Å². The van der Waals surface area contributed by atoms with E-state index in [1.54, 1.807) is 11.3 Å². The van der Waals surface area contributed by atoms with Crippen molar-refractivity contribution in [1.82, 2.24) is 10.2 Å². The van der Waals surface area contributed by atoms with Crippen LogP contribution in [0.3, 0.4) is 0 Å². The minimum absolute atomic E-state index is 0.128. The van der Waals surface area contributed by atoms with Crippen LogP contribution in [0.2, 0.25) is 0 Å². The van der Waals surface area contributed by atoms with E-state index in [0.29, 0.717) is 5.39 Å². The summed E-state index contributed by atoms with van der Waals surface area (Å²) in [6, 6.07) is 9.75. The maximum atomic E-state index is 11.7. The van der Waals surface area contributed by atoms with Crippen LogP contribution in [0.5, 0.6) is 0 Å². The van der Waals surface area contributed by atoms with Gasteiger partial charge in [0.25, 0.3) is 5.56 Å². The molecule has 0 atom stereocenters. The Morgan fingerprint density at radius 2 is 2.06 bits per heavy atom. The van der Waals surface area contributed by atoms with Crippen molar-refractivity contribution in [2.75, 3.05) is 0 Å². The van der Waals surface area contributed by atoms with Crippen LogP contribution in [0.4, 0.5) is 0 Å². The number of hydrogen-bond donors (Lipinski definition) is 1. The third-order valence-electron chi connectivity index (χ3n) is 2.90. The van der Waals surface area contributed by atoms with E-state index in [9.17, 15) is 4.79 Å². The van der Waals surface area contributed by atoms with E-state index in [1.807, 2.05) is 24.3 Å². The van der Waals surface area contributed by atoms with Crippen molar-refractivity contribution >= 4 is 22.1 Å². The molecule has 0 fully saturated rings. The molecule has 1 N–H and O–H groups in total. The third-order valence-corrected chi connectivity index (χ3v) is 3.96. The Balaban J connectivity index is 2.12. The minimum atomic E-state index is -0.128. The number of rotatable bonds is 2. The minimum Gasteiger partial charge on any atom is -0.267 e. The van der Waals surface area contributed by atoms with Crippen molar-refractivity contribution in [3.8, 4) is 0 Å². The first-order valence-electron chi connectivity index (χ1n) is 5.74. The van der Waals surface area contributed by atoms with E-state index in [4.69, 9.17) is 0 Å². The molecule has 4 heteroatoms. The third kappa shape index (κ3) is 1.95. The molecule has 0 saturated heterocycles. The largest absolute Gasteiger partial charge is 0.272 e. The zero-order valence-electron chi connectivity index (χ0n) is 9.93. The summed E-state index contributed by atoms with van der Waals surface area (Å²) in [5.41, 5.74) is 2.06. The average Bonchev–Trinajstić information content (AvgIpc) is 2.79. The van der Waals surface area contributed by atoms with Crippen LogP contribution in [-0.4, -0.2) is 10.2 Å². The molecule has 0 saturated carbocycles. The number of H-pyrrole nitrogens is 1. The molecule has 2 heterocycles. The van der Waals surface area contributed by atoms with E-state index >= 15 is 0 Å². The lowest BCUT2D eigenvalue weighted by Gasteiger charge is -2.02. The van der Waals surface area contributed by atoms with Crippen molar-refractivity contribution in [3.63, 3.8) is 0 Å². The van der Waals surface area contributed by atoms with Crippen molar-refractivity contribution in [2.24, 2.45) is 0 Å². The van der Waals surface area contributed by atoms with E-state index in [-0.39, 0.29) is 5.56 Å². The molecular formula is C14H12N2OS. The van der Waals surface area contributed by atoms with Crippen LogP contribution in [-0.2, 0) is 6.42 Å². The van der Waals surface area contributed by atoms with Crippen molar-refractivity contribution in [2.45, 2.75) is 13.3 Å². The number of benzene rings is 1. The lowest BCUT2D eigenvalue weighted by molar-refractivity contribution is 0.939. The zero-order valence-corrected chi connectivity index (χ0v) is 10.8. The van der Waals surface area contributed by atoms with Gasteiger partial charge in [0.1, 0.15) is 0 Å². The molecule has 0 aliphatic rings. The molecule has 3 nitrogen and oxygen atoms in total. The molecule has 0 aliphatic carbocycles. The Bertz CT molecular complexity index is 758. The topological polar surface area (TPSA) is 45.8 Å². The molecule has 0 spiro atoms. The van der Waals surface area contributed by atoms with Crippen LogP contribution < -0.4 is 5.56 Å². The van der Waals surface area contributed by atoms with E-state index in [0.717, 1.165) is 17.5 Å². The fraction of sp³-hybridized carbons (Fsp3) is 0.143. The number of nitrogens with one attached hydrogen (secondary N) is 1. The Kier molecular flexibility index (Phi) is 2.72. The summed E-state index contributed by atoms with van der Waals surface area (Å²) in [4.78, 5) is 12.9. The smallest absolute Gasteiger partial charge is 0.267 e. The summed E-state index contributed by atoms with van der Waals surface area (Å²) in [7, 11) is 0. The first-order chi connectivity index (χ1) is 8.74. The van der Waals surface area contributed by atoms with Crippen molar-refractivity contribution in [3.05, 3.63) is 62.2 Å². The van der Waals surface area contributed by atoms with Crippen LogP contribution in [0.15, 0.2) is 40.5 Å². The molecule has 0 amide bonds. The van der Waals surface area contributed by atoms with Gasteiger partial charge in [-0.2, -0.15) is 5.10 Å². The highest BCUT2D eigenvalue weighted by atomic mass is 32.1. The second-order valence-electron chi connectivity index (χ2n) is 4.31. The van der Waals surface area contributed by atoms with Gasteiger partial charge in [-0.25, -0.2) is 5.10 Å². The monoisotopic (exact) mass is 256 g/mol. The summed E-state index contributed by atoms with van der Waals surface area (Å²) in [6.45, 7) is 2.08. The molecule has 0 radical (unpaired) electrons. The van der Waals surface area contributed by atoms with Crippen LogP contribution in [0.25, 0.3) is 10.8 Å². The van der Waals surface area contributed by atoms with E-state index in [1.165, 1.54) is 10.4 Å². The molecule has 1 aromatic carbocycles. The molecule has 3 aromatic rings. The van der Waals surface area contributed by atoms with Gasteiger partial charge in [-0.05, 0) is 30.0 Å². The Morgan fingerprint density at radius 1 is 1.28 bits per heavy atom. The average molecular weight is 256 g/mol. The van der Waals surface area contributed by atoms with E-state index < -0.39 is 0 Å². The lowest BCUT2D eigenvalue weighted by Crippen LogP contribution is -2.10. The maximum absolute atomic E-state index is 11.7. The summed E-state index contributed by atoms with van der Waals surface area (Å²) in [6.07, 6.45) is 0.760. The summed E-state index contributed by atoms with van der Waals surface area (Å²) in [5.74, 6) is 0. The second kappa shape index (κ2) is 4.38. The second-order valence-corrected chi connectivity index (χ2v) is 5.31. The summed E-state index contributed by atoms with van der Waals surface area (Å²) < 4.78 is 0. The molecule has 2 aromatic heterocycles. The van der Waals surface area contributed by atoms with Crippen molar-refractivity contribution in [1.29, 1.82) is 0 Å². The number of nitrogens with zero attached hydrogens (tertiary/aromatic N) is 1. The first kappa shape index (κ1) is 11.2. The number of fused-ring (bicyclic) bond motifs is 1. The number of aromatic amines is 1. The van der Waals surface area contributed by atoms with Gasteiger partial charge in [-0.15, -0.1) is 11.3 Å². The van der Waals surface area contributed by atoms with Crippen molar-refractivity contribution < 1.29 is 0 Å². The molecular weight excluding hydrogens is 244 g/mol. The molecule has 0 unspecified atom stereocenters. The van der Waals surface area contributed by atoms with Gasteiger partial charge >= 0.3 is 0 Å². The normalized spacial score (nSPS) is 10.9. The maximum Gasteiger partial charge on any atom is 0.272 e. The quantitative estimate of drug-likeness (QED) is 0.766. The predicted molar refractivity (Wildman–Crippen MR) is 74.2 cm³/mol. The molecule has 3 rings (SSSR count). The van der Waals surface area contributed by atoms with Gasteiger partial charge in [-0.1, -0.05) is 18.2 Å². The van der Waals surface area contributed by atoms with Gasteiger partial charge in [0.05, 0.1) is 11.1 Å². The highest BCUT2D eigenvalue weighted by Gasteiger charge is 2.07. The zero-order chi connectivity index (χ0) is 12.5. The lowest BCUT2D eigenvalue weighted by atomic mass is 10.1. The van der Waals surface area contributed by atoms with Gasteiger partial charge < -0.3 is 0 Å².